The first-order valence-electron chi connectivity index (χ1n) is 5.76. The standard InChI is InChI=1S/C11H17F6NO2/c1-9(2,3)6(4-5-19)18-8(20)7(10(12,13)14)11(15,16)17/h6-7,19H,4-5H2,1-3H3,(H,18,20). The molecule has 3 nitrogen and oxygen atoms in total. The molecule has 0 heterocycles. The number of rotatable bonds is 4. The van der Waals surface area contributed by atoms with Crippen LogP contribution in [0.5, 0.6) is 0 Å². The molecule has 0 aliphatic carbocycles. The summed E-state index contributed by atoms with van der Waals surface area (Å²) in [4.78, 5) is 11.3. The van der Waals surface area contributed by atoms with Gasteiger partial charge in [0.25, 0.3) is 0 Å². The van der Waals surface area contributed by atoms with Gasteiger partial charge in [0, 0.05) is 12.6 Å². The fourth-order valence-electron chi connectivity index (χ4n) is 1.59. The van der Waals surface area contributed by atoms with Crippen molar-refractivity contribution in [2.24, 2.45) is 11.3 Å². The summed E-state index contributed by atoms with van der Waals surface area (Å²) in [5, 5.41) is 10.5. The highest BCUT2D eigenvalue weighted by molar-refractivity contribution is 5.80. The second-order valence-corrected chi connectivity index (χ2v) is 5.46. The molecule has 0 spiro atoms. The van der Waals surface area contributed by atoms with E-state index >= 15 is 0 Å². The summed E-state index contributed by atoms with van der Waals surface area (Å²) in [7, 11) is 0. The molecule has 1 unspecified atom stereocenters. The van der Waals surface area contributed by atoms with E-state index in [4.69, 9.17) is 5.11 Å². The second-order valence-electron chi connectivity index (χ2n) is 5.46. The average Bonchev–Trinajstić information content (AvgIpc) is 2.10. The van der Waals surface area contributed by atoms with E-state index in [1.54, 1.807) is 5.32 Å². The molecule has 0 aromatic rings. The minimum atomic E-state index is -5.72. The number of aliphatic hydroxyl groups excluding tert-OH is 1. The van der Waals surface area contributed by atoms with Crippen molar-refractivity contribution >= 4 is 5.91 Å². The highest BCUT2D eigenvalue weighted by atomic mass is 19.4. The number of halogens is 6. The van der Waals surface area contributed by atoms with E-state index in [2.05, 4.69) is 0 Å². The number of aliphatic hydroxyl groups is 1. The van der Waals surface area contributed by atoms with Crippen LogP contribution in [-0.4, -0.2) is 36.0 Å². The number of carbonyl (C=O) groups is 1. The van der Waals surface area contributed by atoms with Gasteiger partial charge in [-0.3, -0.25) is 4.79 Å². The number of amides is 1. The van der Waals surface area contributed by atoms with Crippen LogP contribution in [0.25, 0.3) is 0 Å². The lowest BCUT2D eigenvalue weighted by Crippen LogP contribution is -2.53. The second kappa shape index (κ2) is 6.19. The van der Waals surface area contributed by atoms with E-state index in [9.17, 15) is 31.1 Å². The summed E-state index contributed by atoms with van der Waals surface area (Å²) in [6, 6.07) is -1.01. The minimum absolute atomic E-state index is 0.141. The Morgan fingerprint density at radius 3 is 1.70 bits per heavy atom. The molecule has 0 aliphatic rings. The lowest BCUT2D eigenvalue weighted by atomic mass is 9.84. The SMILES string of the molecule is CC(C)(C)C(CCO)NC(=O)C(C(F)(F)F)C(F)(F)F. The summed E-state index contributed by atoms with van der Waals surface area (Å²) in [6.45, 7) is 4.13. The highest BCUT2D eigenvalue weighted by Crippen LogP contribution is 2.39. The maximum atomic E-state index is 12.4. The molecule has 0 fully saturated rings. The Balaban J connectivity index is 5.20. The topological polar surface area (TPSA) is 49.3 Å². The third kappa shape index (κ3) is 5.56. The van der Waals surface area contributed by atoms with Crippen LogP contribution >= 0.6 is 0 Å². The number of hydrogen-bond acceptors (Lipinski definition) is 2. The van der Waals surface area contributed by atoms with Crippen molar-refractivity contribution in [1.82, 2.24) is 5.32 Å². The van der Waals surface area contributed by atoms with Crippen LogP contribution in [0.3, 0.4) is 0 Å². The Morgan fingerprint density at radius 1 is 1.05 bits per heavy atom. The lowest BCUT2D eigenvalue weighted by Gasteiger charge is -2.33. The lowest BCUT2D eigenvalue weighted by molar-refractivity contribution is -0.274. The van der Waals surface area contributed by atoms with Crippen molar-refractivity contribution in [2.75, 3.05) is 6.61 Å². The predicted octanol–water partition coefficient (Wildman–Crippen LogP) is 2.64. The van der Waals surface area contributed by atoms with Crippen LogP contribution in [0.4, 0.5) is 26.3 Å². The minimum Gasteiger partial charge on any atom is -0.396 e. The van der Waals surface area contributed by atoms with Gasteiger partial charge < -0.3 is 10.4 Å². The molecule has 0 aromatic heterocycles. The van der Waals surface area contributed by atoms with E-state index in [1.807, 2.05) is 0 Å². The van der Waals surface area contributed by atoms with Crippen molar-refractivity contribution in [2.45, 2.75) is 45.6 Å². The van der Waals surface area contributed by atoms with Gasteiger partial charge in [0.05, 0.1) is 0 Å². The fraction of sp³-hybridized carbons (Fsp3) is 0.909. The first-order valence-corrected chi connectivity index (χ1v) is 5.76. The third-order valence-electron chi connectivity index (χ3n) is 2.70. The molecule has 0 rings (SSSR count). The van der Waals surface area contributed by atoms with Gasteiger partial charge in [-0.25, -0.2) is 0 Å². The van der Waals surface area contributed by atoms with Crippen molar-refractivity contribution in [3.05, 3.63) is 0 Å². The largest absolute Gasteiger partial charge is 0.409 e. The van der Waals surface area contributed by atoms with Crippen LogP contribution in [0, 0.1) is 11.3 Å². The van der Waals surface area contributed by atoms with Gasteiger partial charge in [-0.05, 0) is 11.8 Å². The molecule has 0 bridgehead atoms. The molecule has 20 heavy (non-hydrogen) atoms. The van der Waals surface area contributed by atoms with Gasteiger partial charge in [0.1, 0.15) is 0 Å². The van der Waals surface area contributed by atoms with Gasteiger partial charge >= 0.3 is 12.4 Å². The van der Waals surface area contributed by atoms with Gasteiger partial charge in [-0.15, -0.1) is 0 Å². The summed E-state index contributed by atoms with van der Waals surface area (Å²) < 4.78 is 74.2. The Labute approximate surface area is 112 Å². The van der Waals surface area contributed by atoms with Gasteiger partial charge in [-0.1, -0.05) is 20.8 Å². The van der Waals surface area contributed by atoms with Crippen LogP contribution in [0.1, 0.15) is 27.2 Å². The molecule has 9 heteroatoms. The maximum absolute atomic E-state index is 12.4. The maximum Gasteiger partial charge on any atom is 0.409 e. The van der Waals surface area contributed by atoms with Crippen molar-refractivity contribution in [1.29, 1.82) is 0 Å². The summed E-state index contributed by atoms with van der Waals surface area (Å²) in [5.41, 5.74) is -0.792. The number of alkyl halides is 6. The zero-order chi connectivity index (χ0) is 16.4. The van der Waals surface area contributed by atoms with Gasteiger partial charge in [-0.2, -0.15) is 26.3 Å². The summed E-state index contributed by atoms with van der Waals surface area (Å²) in [6.07, 6.45) is -11.6. The molecule has 0 saturated carbocycles. The Bertz CT molecular complexity index is 317. The average molecular weight is 309 g/mol. The Hall–Kier alpha value is -0.990. The molecule has 0 saturated heterocycles. The molecule has 120 valence electrons. The fourth-order valence-corrected chi connectivity index (χ4v) is 1.59. The molecule has 2 N–H and O–H groups in total. The molecule has 0 aliphatic heterocycles. The van der Waals surface area contributed by atoms with Crippen LogP contribution < -0.4 is 5.32 Å². The summed E-state index contributed by atoms with van der Waals surface area (Å²) in [5.74, 6) is -6.23. The van der Waals surface area contributed by atoms with E-state index in [0.717, 1.165) is 0 Å². The first kappa shape index (κ1) is 19.0. The molecular formula is C11H17F6NO2. The van der Waals surface area contributed by atoms with Crippen LogP contribution in [0.15, 0.2) is 0 Å². The first-order chi connectivity index (χ1) is 8.71. The Kier molecular flexibility index (Phi) is 5.89. The van der Waals surface area contributed by atoms with Gasteiger partial charge in [0.15, 0.2) is 0 Å². The molecule has 1 amide bonds. The summed E-state index contributed by atoms with van der Waals surface area (Å²) >= 11 is 0. The zero-order valence-corrected chi connectivity index (χ0v) is 11.2. The van der Waals surface area contributed by atoms with E-state index in [1.165, 1.54) is 20.8 Å². The van der Waals surface area contributed by atoms with E-state index in [-0.39, 0.29) is 6.42 Å². The molecule has 0 radical (unpaired) electrons. The number of nitrogens with one attached hydrogen (secondary N) is 1. The van der Waals surface area contributed by atoms with E-state index < -0.39 is 42.2 Å². The normalized spacial score (nSPS) is 15.3. The highest BCUT2D eigenvalue weighted by Gasteiger charge is 2.61. The van der Waals surface area contributed by atoms with Crippen LogP contribution in [0.2, 0.25) is 0 Å². The molecule has 0 aromatic carbocycles. The smallest absolute Gasteiger partial charge is 0.396 e. The quantitative estimate of drug-likeness (QED) is 0.784. The number of carbonyl (C=O) groups excluding carboxylic acids is 1. The van der Waals surface area contributed by atoms with Crippen molar-refractivity contribution < 1.29 is 36.2 Å². The van der Waals surface area contributed by atoms with Crippen molar-refractivity contribution in [3.8, 4) is 0 Å². The zero-order valence-electron chi connectivity index (χ0n) is 11.2. The van der Waals surface area contributed by atoms with Crippen LogP contribution in [-0.2, 0) is 4.79 Å². The molecular weight excluding hydrogens is 292 g/mol. The Morgan fingerprint density at radius 2 is 1.45 bits per heavy atom. The van der Waals surface area contributed by atoms with Gasteiger partial charge in [0.2, 0.25) is 11.8 Å². The molecule has 1 atom stereocenters. The third-order valence-corrected chi connectivity index (χ3v) is 2.70. The monoisotopic (exact) mass is 309 g/mol. The van der Waals surface area contributed by atoms with Crippen molar-refractivity contribution in [3.63, 3.8) is 0 Å². The predicted molar refractivity (Wildman–Crippen MR) is 58.7 cm³/mol. The van der Waals surface area contributed by atoms with E-state index in [0.29, 0.717) is 0 Å². The number of hydrogen-bond donors (Lipinski definition) is 2.